The van der Waals surface area contributed by atoms with Gasteiger partial charge < -0.3 is 0 Å². The van der Waals surface area contributed by atoms with Gasteiger partial charge >= 0.3 is 0 Å². The molecule has 28 heavy (non-hydrogen) atoms. The molecule has 4 rings (SSSR count). The lowest BCUT2D eigenvalue weighted by atomic mass is 9.66. The standard InChI is InChI=1S/C26H22.2CH4/c1-5-13-22(14-6-1)21-26(23-15-7-2-8-16-23,24-17-9-3-10-18-24)25-19-11-4-12-20-25;;/h1-20H,21H2;2*1H4. The van der Waals surface area contributed by atoms with Crippen LogP contribution in [0.25, 0.3) is 0 Å². The van der Waals surface area contributed by atoms with Gasteiger partial charge in [-0.25, -0.2) is 0 Å². The van der Waals surface area contributed by atoms with Gasteiger partial charge in [-0.1, -0.05) is 136 Å². The molecule has 0 amide bonds. The molecule has 0 saturated carbocycles. The summed E-state index contributed by atoms with van der Waals surface area (Å²) in [5.74, 6) is 0. The molecule has 0 spiro atoms. The zero-order valence-corrected chi connectivity index (χ0v) is 14.8. The van der Waals surface area contributed by atoms with E-state index in [1.165, 1.54) is 22.3 Å². The van der Waals surface area contributed by atoms with Gasteiger partial charge in [0.05, 0.1) is 0 Å². The van der Waals surface area contributed by atoms with E-state index >= 15 is 0 Å². The fourth-order valence-electron chi connectivity index (χ4n) is 3.88. The van der Waals surface area contributed by atoms with Crippen LogP contribution in [0.5, 0.6) is 0 Å². The molecule has 4 aromatic carbocycles. The monoisotopic (exact) mass is 366 g/mol. The van der Waals surface area contributed by atoms with E-state index in [9.17, 15) is 0 Å². The highest BCUT2D eigenvalue weighted by Gasteiger charge is 2.36. The predicted molar refractivity (Wildman–Crippen MR) is 123 cm³/mol. The molecule has 0 unspecified atom stereocenters. The average Bonchev–Trinajstić information content (AvgIpc) is 2.75. The second kappa shape index (κ2) is 9.71. The summed E-state index contributed by atoms with van der Waals surface area (Å²) in [5.41, 5.74) is 5.08. The molecule has 0 atom stereocenters. The van der Waals surface area contributed by atoms with Gasteiger partial charge in [0.25, 0.3) is 0 Å². The van der Waals surface area contributed by atoms with Gasteiger partial charge in [-0.2, -0.15) is 0 Å². The Morgan fingerprint density at radius 3 is 1.00 bits per heavy atom. The molecule has 0 bridgehead atoms. The Bertz CT molecular complexity index is 830. The van der Waals surface area contributed by atoms with E-state index in [0.29, 0.717) is 0 Å². The van der Waals surface area contributed by atoms with E-state index in [-0.39, 0.29) is 20.3 Å². The fraction of sp³-hybridized carbons (Fsp3) is 0.143. The van der Waals surface area contributed by atoms with E-state index in [0.717, 1.165) is 6.42 Å². The quantitative estimate of drug-likeness (QED) is 0.320. The van der Waals surface area contributed by atoms with Crippen LogP contribution in [0, 0.1) is 0 Å². The lowest BCUT2D eigenvalue weighted by molar-refractivity contribution is 0.613. The largest absolute Gasteiger partial charge is 0.0776 e. The minimum absolute atomic E-state index is 0. The van der Waals surface area contributed by atoms with Crippen molar-refractivity contribution in [2.45, 2.75) is 26.7 Å². The van der Waals surface area contributed by atoms with Crippen molar-refractivity contribution < 1.29 is 0 Å². The molecule has 0 heterocycles. The van der Waals surface area contributed by atoms with Crippen molar-refractivity contribution in [2.75, 3.05) is 0 Å². The molecule has 0 aliphatic carbocycles. The first kappa shape index (κ1) is 21.2. The summed E-state index contributed by atoms with van der Waals surface area (Å²) in [6.45, 7) is 0. The van der Waals surface area contributed by atoms with Crippen LogP contribution in [0.1, 0.15) is 37.1 Å². The fourth-order valence-corrected chi connectivity index (χ4v) is 3.88. The Morgan fingerprint density at radius 1 is 0.393 bits per heavy atom. The lowest BCUT2D eigenvalue weighted by Crippen LogP contribution is -2.32. The van der Waals surface area contributed by atoms with Crippen molar-refractivity contribution in [3.8, 4) is 0 Å². The highest BCUT2D eigenvalue weighted by molar-refractivity contribution is 5.52. The summed E-state index contributed by atoms with van der Waals surface area (Å²) >= 11 is 0. The van der Waals surface area contributed by atoms with E-state index in [2.05, 4.69) is 121 Å². The molecule has 0 saturated heterocycles. The number of hydrogen-bond acceptors (Lipinski definition) is 0. The van der Waals surface area contributed by atoms with Crippen LogP contribution < -0.4 is 0 Å². The maximum absolute atomic E-state index is 2.25. The Balaban J connectivity index is 0.00000140. The van der Waals surface area contributed by atoms with Gasteiger partial charge in [-0.15, -0.1) is 0 Å². The van der Waals surface area contributed by atoms with Crippen molar-refractivity contribution in [3.63, 3.8) is 0 Å². The summed E-state index contributed by atoms with van der Waals surface area (Å²) in [6.07, 6.45) is 0.922. The average molecular weight is 367 g/mol. The molecule has 0 heteroatoms. The Morgan fingerprint density at radius 2 is 0.679 bits per heavy atom. The van der Waals surface area contributed by atoms with E-state index < -0.39 is 0 Å². The van der Waals surface area contributed by atoms with Crippen LogP contribution in [-0.4, -0.2) is 0 Å². The van der Waals surface area contributed by atoms with Gasteiger partial charge in [0.15, 0.2) is 0 Å². The van der Waals surface area contributed by atoms with Crippen LogP contribution in [-0.2, 0) is 11.8 Å². The first-order valence-electron chi connectivity index (χ1n) is 9.10. The number of hydrogen-bond donors (Lipinski definition) is 0. The van der Waals surface area contributed by atoms with Crippen molar-refractivity contribution in [1.29, 1.82) is 0 Å². The smallest absolute Gasteiger partial charge is 0.0491 e. The molecule has 0 radical (unpaired) electrons. The second-order valence-corrected chi connectivity index (χ2v) is 6.67. The van der Waals surface area contributed by atoms with E-state index in [4.69, 9.17) is 0 Å². The van der Waals surface area contributed by atoms with E-state index in [1.54, 1.807) is 0 Å². The SMILES string of the molecule is C.C.c1ccc(CC(c2ccccc2)(c2ccccc2)c2ccccc2)cc1. The normalized spacial score (nSPS) is 10.4. The number of benzene rings is 4. The third-order valence-electron chi connectivity index (χ3n) is 5.11. The molecule has 0 N–H and O–H groups in total. The molecule has 0 aliphatic rings. The Labute approximate surface area is 170 Å². The highest BCUT2D eigenvalue weighted by Crippen LogP contribution is 2.41. The summed E-state index contributed by atoms with van der Waals surface area (Å²) < 4.78 is 0. The summed E-state index contributed by atoms with van der Waals surface area (Å²) in [7, 11) is 0. The lowest BCUT2D eigenvalue weighted by Gasteiger charge is -2.36. The van der Waals surface area contributed by atoms with Crippen molar-refractivity contribution in [2.24, 2.45) is 0 Å². The molecule has 0 aliphatic heterocycles. The zero-order valence-electron chi connectivity index (χ0n) is 14.8. The van der Waals surface area contributed by atoms with Crippen LogP contribution in [0.15, 0.2) is 121 Å². The topological polar surface area (TPSA) is 0 Å². The van der Waals surface area contributed by atoms with Crippen LogP contribution in [0.2, 0.25) is 0 Å². The first-order chi connectivity index (χ1) is 12.9. The summed E-state index contributed by atoms with van der Waals surface area (Å²) in [6, 6.07) is 43.4. The molecular weight excluding hydrogens is 336 g/mol. The molecule has 142 valence electrons. The van der Waals surface area contributed by atoms with Crippen molar-refractivity contribution in [1.82, 2.24) is 0 Å². The van der Waals surface area contributed by atoms with Gasteiger partial charge in [0.2, 0.25) is 0 Å². The minimum Gasteiger partial charge on any atom is -0.0776 e. The Hall–Kier alpha value is -3.12. The Kier molecular flexibility index (Phi) is 7.35. The minimum atomic E-state index is -0.217. The van der Waals surface area contributed by atoms with Crippen LogP contribution >= 0.6 is 0 Å². The van der Waals surface area contributed by atoms with Crippen molar-refractivity contribution >= 4 is 0 Å². The van der Waals surface area contributed by atoms with Crippen LogP contribution in [0.4, 0.5) is 0 Å². The van der Waals surface area contributed by atoms with Gasteiger partial charge in [-0.05, 0) is 28.7 Å². The predicted octanol–water partition coefficient (Wildman–Crippen LogP) is 7.54. The molecular formula is C28H30. The third-order valence-corrected chi connectivity index (χ3v) is 5.11. The molecule has 4 aromatic rings. The number of rotatable bonds is 5. The summed E-state index contributed by atoms with van der Waals surface area (Å²) in [4.78, 5) is 0. The maximum atomic E-state index is 2.25. The molecule has 0 aromatic heterocycles. The van der Waals surface area contributed by atoms with Crippen molar-refractivity contribution in [3.05, 3.63) is 144 Å². The first-order valence-corrected chi connectivity index (χ1v) is 9.10. The van der Waals surface area contributed by atoms with Gasteiger partial charge in [0.1, 0.15) is 0 Å². The summed E-state index contributed by atoms with van der Waals surface area (Å²) in [5, 5.41) is 0. The van der Waals surface area contributed by atoms with Gasteiger partial charge in [0, 0.05) is 5.41 Å². The van der Waals surface area contributed by atoms with Gasteiger partial charge in [-0.3, -0.25) is 0 Å². The third kappa shape index (κ3) is 4.07. The highest BCUT2D eigenvalue weighted by atomic mass is 14.4. The zero-order chi connectivity index (χ0) is 17.7. The van der Waals surface area contributed by atoms with Crippen LogP contribution in [0.3, 0.4) is 0 Å². The second-order valence-electron chi connectivity index (χ2n) is 6.67. The van der Waals surface area contributed by atoms with E-state index in [1.807, 2.05) is 0 Å². The molecule has 0 nitrogen and oxygen atoms in total. The molecule has 0 fully saturated rings. The maximum Gasteiger partial charge on any atom is 0.0491 e.